The fourth-order valence-electron chi connectivity index (χ4n) is 3.02. The van der Waals surface area contributed by atoms with Crippen molar-refractivity contribution >= 4 is 32.8 Å². The Morgan fingerprint density at radius 2 is 1.82 bits per heavy atom. The van der Waals surface area contributed by atoms with E-state index in [9.17, 15) is 30.8 Å². The summed E-state index contributed by atoms with van der Waals surface area (Å²) in [7, 11) is -5.72. The normalized spacial score (nSPS) is 16.1. The summed E-state index contributed by atoms with van der Waals surface area (Å²) in [5, 5.41) is 3.48. The molecule has 0 saturated carbocycles. The second-order valence-corrected chi connectivity index (χ2v) is 8.90. The first-order chi connectivity index (χ1) is 13.1. The molecular weight excluding hydrogens is 420 g/mol. The number of carbonyl (C=O) groups is 1. The van der Waals surface area contributed by atoms with E-state index in [2.05, 4.69) is 0 Å². The fraction of sp³-hybridized carbons (Fsp3) is 0.353. The van der Waals surface area contributed by atoms with Crippen LogP contribution in [0.25, 0.3) is 0 Å². The summed E-state index contributed by atoms with van der Waals surface area (Å²) < 4.78 is 76.4. The summed E-state index contributed by atoms with van der Waals surface area (Å²) in [5.74, 6) is -1.26. The molecule has 11 heteroatoms. The van der Waals surface area contributed by atoms with Gasteiger partial charge in [0, 0.05) is 31.6 Å². The molecule has 1 aromatic carbocycles. The second-order valence-electron chi connectivity index (χ2n) is 6.21. The first kappa shape index (κ1) is 20.6. The molecule has 2 heterocycles. The van der Waals surface area contributed by atoms with E-state index in [1.54, 1.807) is 21.7 Å². The minimum atomic E-state index is -5.72. The lowest BCUT2D eigenvalue weighted by molar-refractivity contribution is -0.0435. The molecule has 0 atom stereocenters. The molecule has 0 unspecified atom stereocenters. The average Bonchev–Trinajstić information content (AvgIpc) is 3.05. The molecule has 0 aliphatic carbocycles. The third-order valence-electron chi connectivity index (χ3n) is 4.41. The van der Waals surface area contributed by atoms with Crippen molar-refractivity contribution in [1.82, 2.24) is 4.90 Å². The van der Waals surface area contributed by atoms with E-state index in [1.807, 2.05) is 0 Å². The summed E-state index contributed by atoms with van der Waals surface area (Å²) in [4.78, 5) is 14.4. The molecule has 0 spiro atoms. The first-order valence-corrected chi connectivity index (χ1v) is 10.7. The number of rotatable bonds is 3. The summed E-state index contributed by atoms with van der Waals surface area (Å²) >= 11 is 1.38. The maximum atomic E-state index is 13.5. The molecule has 1 aliphatic rings. The molecule has 1 aromatic heterocycles. The summed E-state index contributed by atoms with van der Waals surface area (Å²) in [6.07, 6.45) is 0.429. The molecule has 152 valence electrons. The van der Waals surface area contributed by atoms with Gasteiger partial charge >= 0.3 is 5.51 Å². The van der Waals surface area contributed by atoms with E-state index >= 15 is 0 Å². The highest BCUT2D eigenvalue weighted by Crippen LogP contribution is 2.36. The van der Waals surface area contributed by atoms with Crippen LogP contribution in [0, 0.1) is 5.82 Å². The molecule has 0 bridgehead atoms. The van der Waals surface area contributed by atoms with Crippen LogP contribution in [0.15, 0.2) is 39.9 Å². The molecule has 28 heavy (non-hydrogen) atoms. The zero-order valence-electron chi connectivity index (χ0n) is 14.4. The van der Waals surface area contributed by atoms with E-state index < -0.39 is 26.1 Å². The van der Waals surface area contributed by atoms with E-state index in [-0.39, 0.29) is 31.2 Å². The summed E-state index contributed by atoms with van der Waals surface area (Å²) in [6.45, 7) is 0.951. The smallest absolute Gasteiger partial charge is 0.369 e. The highest BCUT2D eigenvalue weighted by atomic mass is 32.2. The minimum absolute atomic E-state index is 0.127. The summed E-state index contributed by atoms with van der Waals surface area (Å²) in [5.41, 5.74) is -5.23. The second kappa shape index (κ2) is 7.70. The van der Waals surface area contributed by atoms with Gasteiger partial charge < -0.3 is 9.80 Å². The van der Waals surface area contributed by atoms with Gasteiger partial charge in [0.1, 0.15) is 10.7 Å². The molecular formula is C17H16F4N2O3S2. The van der Waals surface area contributed by atoms with Crippen LogP contribution in [-0.2, 0) is 9.84 Å². The number of carbonyl (C=O) groups excluding carboxylic acids is 1. The van der Waals surface area contributed by atoms with Crippen LogP contribution < -0.4 is 4.90 Å². The van der Waals surface area contributed by atoms with Gasteiger partial charge in [-0.05, 0) is 36.1 Å². The highest BCUT2D eigenvalue weighted by Gasteiger charge is 2.48. The quantitative estimate of drug-likeness (QED) is 0.691. The van der Waals surface area contributed by atoms with Crippen LogP contribution in [0.2, 0.25) is 0 Å². The van der Waals surface area contributed by atoms with Crippen molar-refractivity contribution in [1.29, 1.82) is 0 Å². The lowest BCUT2D eigenvalue weighted by Gasteiger charge is -2.26. The number of halogens is 4. The third kappa shape index (κ3) is 4.00. The van der Waals surface area contributed by atoms with Crippen LogP contribution in [0.5, 0.6) is 0 Å². The number of amides is 1. The number of sulfone groups is 1. The molecule has 0 N–H and O–H groups in total. The van der Waals surface area contributed by atoms with Crippen molar-refractivity contribution in [3.63, 3.8) is 0 Å². The van der Waals surface area contributed by atoms with Gasteiger partial charge in [0.05, 0.1) is 11.3 Å². The zero-order valence-corrected chi connectivity index (χ0v) is 16.1. The zero-order chi connectivity index (χ0) is 20.5. The third-order valence-corrected chi connectivity index (χ3v) is 6.61. The molecule has 1 saturated heterocycles. The lowest BCUT2D eigenvalue weighted by atomic mass is 10.2. The number of nitrogens with zero attached hydrogens (tertiary/aromatic N) is 2. The number of hydrogen-bond acceptors (Lipinski definition) is 5. The van der Waals surface area contributed by atoms with Crippen molar-refractivity contribution < 1.29 is 30.8 Å². The Hall–Kier alpha value is -2.14. The van der Waals surface area contributed by atoms with Crippen molar-refractivity contribution in [2.45, 2.75) is 16.8 Å². The van der Waals surface area contributed by atoms with Crippen LogP contribution in [0.1, 0.15) is 16.8 Å². The number of benzene rings is 1. The number of thiophene rings is 1. The van der Waals surface area contributed by atoms with Crippen molar-refractivity contribution in [2.75, 3.05) is 31.1 Å². The van der Waals surface area contributed by atoms with Gasteiger partial charge in [0.15, 0.2) is 0 Å². The molecule has 5 nitrogen and oxygen atoms in total. The minimum Gasteiger partial charge on any atom is -0.369 e. The monoisotopic (exact) mass is 436 g/mol. The Morgan fingerprint density at radius 3 is 2.46 bits per heavy atom. The van der Waals surface area contributed by atoms with Crippen LogP contribution in [-0.4, -0.2) is 50.9 Å². The largest absolute Gasteiger partial charge is 0.501 e. The average molecular weight is 436 g/mol. The van der Waals surface area contributed by atoms with Gasteiger partial charge in [-0.25, -0.2) is 12.8 Å². The van der Waals surface area contributed by atoms with Crippen LogP contribution in [0.3, 0.4) is 0 Å². The number of alkyl halides is 3. The predicted octanol–water partition coefficient (Wildman–Crippen LogP) is 3.53. The van der Waals surface area contributed by atoms with Crippen LogP contribution >= 0.6 is 11.3 Å². The Bertz CT molecular complexity index is 959. The standard InChI is InChI=1S/C17H16F4N2O3S2/c18-13-2-3-14(15(10-13)28(25,26)17(19,20)21)22-5-1-6-23(8-7-22)16(24)12-4-9-27-11-12/h2-4,9-11H,1,5-8H2. The Balaban J connectivity index is 1.88. The maximum absolute atomic E-state index is 13.5. The van der Waals surface area contributed by atoms with Gasteiger partial charge in [0.2, 0.25) is 0 Å². The molecule has 1 aliphatic heterocycles. The van der Waals surface area contributed by atoms with Crippen LogP contribution in [0.4, 0.5) is 23.2 Å². The summed E-state index contributed by atoms with van der Waals surface area (Å²) in [6, 6.07) is 4.02. The van der Waals surface area contributed by atoms with E-state index in [0.29, 0.717) is 24.6 Å². The van der Waals surface area contributed by atoms with Gasteiger partial charge in [-0.15, -0.1) is 0 Å². The number of anilines is 1. The van der Waals surface area contributed by atoms with Crippen molar-refractivity contribution in [3.05, 3.63) is 46.4 Å². The van der Waals surface area contributed by atoms with Gasteiger partial charge in [-0.3, -0.25) is 4.79 Å². The Labute approximate surface area is 163 Å². The molecule has 1 fully saturated rings. The highest BCUT2D eigenvalue weighted by molar-refractivity contribution is 7.92. The molecule has 0 radical (unpaired) electrons. The Kier molecular flexibility index (Phi) is 5.67. The topological polar surface area (TPSA) is 57.7 Å². The van der Waals surface area contributed by atoms with Crippen molar-refractivity contribution in [2.24, 2.45) is 0 Å². The van der Waals surface area contributed by atoms with Gasteiger partial charge in [0.25, 0.3) is 15.7 Å². The Morgan fingerprint density at radius 1 is 1.07 bits per heavy atom. The SMILES string of the molecule is O=C(c1ccsc1)N1CCCN(c2ccc(F)cc2S(=O)(=O)C(F)(F)F)CC1. The molecule has 2 aromatic rings. The maximum Gasteiger partial charge on any atom is 0.501 e. The number of hydrogen-bond donors (Lipinski definition) is 0. The fourth-order valence-corrected chi connectivity index (χ4v) is 4.64. The van der Waals surface area contributed by atoms with Crippen molar-refractivity contribution in [3.8, 4) is 0 Å². The van der Waals surface area contributed by atoms with E-state index in [4.69, 9.17) is 0 Å². The predicted molar refractivity (Wildman–Crippen MR) is 96.7 cm³/mol. The molecule has 1 amide bonds. The first-order valence-electron chi connectivity index (χ1n) is 8.28. The van der Waals surface area contributed by atoms with Gasteiger partial charge in [-0.1, -0.05) is 0 Å². The van der Waals surface area contributed by atoms with E-state index in [1.165, 1.54) is 16.2 Å². The molecule has 3 rings (SSSR count). The lowest BCUT2D eigenvalue weighted by Crippen LogP contribution is -2.35. The van der Waals surface area contributed by atoms with E-state index in [0.717, 1.165) is 12.1 Å². The van der Waals surface area contributed by atoms with Gasteiger partial charge in [-0.2, -0.15) is 24.5 Å².